The van der Waals surface area contributed by atoms with Gasteiger partial charge in [0, 0.05) is 6.07 Å². The van der Waals surface area contributed by atoms with Crippen LogP contribution in [-0.2, 0) is 9.59 Å². The van der Waals surface area contributed by atoms with Gasteiger partial charge in [-0.2, -0.15) is 0 Å². The van der Waals surface area contributed by atoms with Crippen LogP contribution in [0, 0.1) is 0 Å². The van der Waals surface area contributed by atoms with E-state index in [4.69, 9.17) is 35.1 Å². The zero-order chi connectivity index (χ0) is 14.1. The van der Waals surface area contributed by atoms with Crippen molar-refractivity contribution in [2.75, 3.05) is 19.6 Å². The minimum Gasteiger partial charge on any atom is -0.497 e. The second-order valence-corrected chi connectivity index (χ2v) is 2.82. The van der Waals surface area contributed by atoms with Gasteiger partial charge in [-0.1, -0.05) is 0 Å². The average Bonchev–Trinajstić information content (AvgIpc) is 2.38. The Kier molecular flexibility index (Phi) is 6.67. The number of ether oxygens (including phenoxy) is 2. The molecule has 0 amide bonds. The summed E-state index contributed by atoms with van der Waals surface area (Å²) in [6, 6.07) is 5.35. The molecule has 0 saturated heterocycles. The quantitative estimate of drug-likeness (QED) is 0.342. The fourth-order valence-corrected chi connectivity index (χ4v) is 0.918. The molecule has 8 nitrogen and oxygen atoms in total. The zero-order valence-electron chi connectivity index (χ0n) is 9.84. The molecule has 0 aliphatic carbocycles. The van der Waals surface area contributed by atoms with Crippen LogP contribution >= 0.6 is 0 Å². The molecule has 0 aliphatic heterocycles. The monoisotopic (exact) mass is 258 g/mol. The summed E-state index contributed by atoms with van der Waals surface area (Å²) in [4.78, 5) is 18.2. The molecule has 0 bridgehead atoms. The molecule has 0 unspecified atom stereocenters. The molecule has 1 aromatic rings. The second-order valence-electron chi connectivity index (χ2n) is 2.82. The number of hydrogen-bond donors (Lipinski definition) is 4. The van der Waals surface area contributed by atoms with Crippen LogP contribution in [0.3, 0.4) is 0 Å². The molecule has 0 atom stereocenters. The fourth-order valence-electron chi connectivity index (χ4n) is 0.918. The van der Waals surface area contributed by atoms with Crippen LogP contribution in [-0.4, -0.2) is 36.4 Å². The van der Waals surface area contributed by atoms with Crippen LogP contribution in [0.2, 0.25) is 0 Å². The molecule has 0 saturated carbocycles. The third kappa shape index (κ3) is 5.03. The van der Waals surface area contributed by atoms with Gasteiger partial charge in [0.05, 0.1) is 19.9 Å². The molecule has 0 radical (unpaired) electrons. The normalized spacial score (nSPS) is 8.61. The van der Waals surface area contributed by atoms with E-state index >= 15 is 0 Å². The van der Waals surface area contributed by atoms with E-state index in [1.54, 1.807) is 32.4 Å². The number of carboxylic acid groups (broad SMARTS) is 2. The van der Waals surface area contributed by atoms with Crippen molar-refractivity contribution in [1.82, 2.24) is 0 Å². The number of nitrogens with one attached hydrogen (secondary N) is 1. The van der Waals surface area contributed by atoms with Gasteiger partial charge in [-0.15, -0.1) is 0 Å². The lowest BCUT2D eigenvalue weighted by Crippen LogP contribution is -2.09. The third-order valence-electron chi connectivity index (χ3n) is 1.75. The topological polar surface area (TPSA) is 131 Å². The van der Waals surface area contributed by atoms with Crippen molar-refractivity contribution in [3.8, 4) is 11.5 Å². The molecule has 8 heteroatoms. The van der Waals surface area contributed by atoms with Gasteiger partial charge in [0.15, 0.2) is 0 Å². The fraction of sp³-hybridized carbons (Fsp3) is 0.200. The van der Waals surface area contributed by atoms with Crippen LogP contribution in [0.25, 0.3) is 0 Å². The van der Waals surface area contributed by atoms with E-state index in [-0.39, 0.29) is 0 Å². The lowest BCUT2D eigenvalue weighted by Gasteiger charge is -2.08. The summed E-state index contributed by atoms with van der Waals surface area (Å²) in [5.74, 6) is 3.00. The summed E-state index contributed by atoms with van der Waals surface area (Å²) in [6.07, 6.45) is 0. The maximum atomic E-state index is 9.10. The smallest absolute Gasteiger partial charge is 0.414 e. The molecule has 0 aromatic heterocycles. The van der Waals surface area contributed by atoms with Crippen LogP contribution in [0.15, 0.2) is 18.2 Å². The molecular formula is C10H14N2O6. The number of nitrogens with two attached hydrogens (primary N) is 1. The van der Waals surface area contributed by atoms with Crippen molar-refractivity contribution >= 4 is 17.6 Å². The third-order valence-corrected chi connectivity index (χ3v) is 1.75. The minimum atomic E-state index is -1.82. The van der Waals surface area contributed by atoms with E-state index in [1.807, 2.05) is 0 Å². The second kappa shape index (κ2) is 7.74. The number of nitrogen functional groups attached to an aromatic ring is 1. The predicted molar refractivity (Wildman–Crippen MR) is 62.6 cm³/mol. The molecule has 0 aliphatic rings. The van der Waals surface area contributed by atoms with Crippen molar-refractivity contribution in [2.24, 2.45) is 5.84 Å². The highest BCUT2D eigenvalue weighted by Gasteiger charge is 2.04. The van der Waals surface area contributed by atoms with Gasteiger partial charge in [0.25, 0.3) is 0 Å². The number of carbonyl (C=O) groups is 2. The van der Waals surface area contributed by atoms with Crippen molar-refractivity contribution in [3.05, 3.63) is 18.2 Å². The number of methoxy groups -OCH3 is 2. The zero-order valence-corrected chi connectivity index (χ0v) is 9.84. The van der Waals surface area contributed by atoms with E-state index in [2.05, 4.69) is 5.43 Å². The maximum absolute atomic E-state index is 9.10. The highest BCUT2D eigenvalue weighted by Crippen LogP contribution is 2.27. The molecule has 5 N–H and O–H groups in total. The minimum absolute atomic E-state index is 0.664. The first-order valence-electron chi connectivity index (χ1n) is 4.61. The highest BCUT2D eigenvalue weighted by molar-refractivity contribution is 6.27. The molecule has 100 valence electrons. The van der Waals surface area contributed by atoms with Gasteiger partial charge in [-0.05, 0) is 12.1 Å². The summed E-state index contributed by atoms with van der Waals surface area (Å²) < 4.78 is 10.1. The van der Waals surface area contributed by atoms with Gasteiger partial charge >= 0.3 is 11.9 Å². The van der Waals surface area contributed by atoms with Crippen molar-refractivity contribution in [2.45, 2.75) is 0 Å². The SMILES string of the molecule is COc1ccc(NN)c(OC)c1.O=C(O)C(=O)O. The van der Waals surface area contributed by atoms with Gasteiger partial charge in [-0.3, -0.25) is 5.84 Å². The number of aliphatic carboxylic acids is 2. The largest absolute Gasteiger partial charge is 0.497 e. The van der Waals surface area contributed by atoms with Crippen LogP contribution in [0.5, 0.6) is 11.5 Å². The Morgan fingerprint density at radius 2 is 1.72 bits per heavy atom. The number of anilines is 1. The van der Waals surface area contributed by atoms with Gasteiger partial charge < -0.3 is 25.1 Å². The van der Waals surface area contributed by atoms with Crippen molar-refractivity contribution < 1.29 is 29.3 Å². The summed E-state index contributed by atoms with van der Waals surface area (Å²) in [7, 11) is 3.18. The standard InChI is InChI=1S/C8H12N2O2.C2H2O4/c1-11-6-3-4-7(10-9)8(5-6)12-2;3-1(4)2(5)6/h3-5,10H,9H2,1-2H3;(H,3,4)(H,5,6). The Bertz CT molecular complexity index is 409. The van der Waals surface area contributed by atoms with Gasteiger partial charge in [0.1, 0.15) is 11.5 Å². The van der Waals surface area contributed by atoms with Gasteiger partial charge in [0.2, 0.25) is 0 Å². The Morgan fingerprint density at radius 1 is 1.17 bits per heavy atom. The van der Waals surface area contributed by atoms with E-state index in [1.165, 1.54) is 0 Å². The van der Waals surface area contributed by atoms with E-state index < -0.39 is 11.9 Å². The van der Waals surface area contributed by atoms with Crippen LogP contribution in [0.1, 0.15) is 0 Å². The van der Waals surface area contributed by atoms with E-state index in [0.29, 0.717) is 5.75 Å². The molecule has 18 heavy (non-hydrogen) atoms. The molecule has 1 rings (SSSR count). The summed E-state index contributed by atoms with van der Waals surface area (Å²) >= 11 is 0. The Balaban J connectivity index is 0.000000411. The molecule has 1 aromatic carbocycles. The van der Waals surface area contributed by atoms with Crippen molar-refractivity contribution in [3.63, 3.8) is 0 Å². The molecule has 0 spiro atoms. The molecule has 0 heterocycles. The van der Waals surface area contributed by atoms with Gasteiger partial charge in [-0.25, -0.2) is 9.59 Å². The van der Waals surface area contributed by atoms with E-state index in [0.717, 1.165) is 11.4 Å². The Morgan fingerprint density at radius 3 is 2.06 bits per heavy atom. The average molecular weight is 258 g/mol. The Labute approximate surface area is 103 Å². The number of carboxylic acids is 2. The number of benzene rings is 1. The van der Waals surface area contributed by atoms with Crippen LogP contribution < -0.4 is 20.7 Å². The number of hydrogen-bond acceptors (Lipinski definition) is 6. The molecular weight excluding hydrogens is 244 g/mol. The highest BCUT2D eigenvalue weighted by atomic mass is 16.5. The Hall–Kier alpha value is -2.48. The lowest BCUT2D eigenvalue weighted by atomic mass is 10.3. The maximum Gasteiger partial charge on any atom is 0.414 e. The summed E-state index contributed by atoms with van der Waals surface area (Å²) in [5.41, 5.74) is 3.25. The molecule has 0 fully saturated rings. The first kappa shape index (κ1) is 15.5. The lowest BCUT2D eigenvalue weighted by molar-refractivity contribution is -0.159. The number of hydrazine groups is 1. The number of rotatable bonds is 3. The summed E-state index contributed by atoms with van der Waals surface area (Å²) in [6.45, 7) is 0. The van der Waals surface area contributed by atoms with E-state index in [9.17, 15) is 0 Å². The van der Waals surface area contributed by atoms with Crippen LogP contribution in [0.4, 0.5) is 5.69 Å². The first-order chi connectivity index (χ1) is 8.46. The predicted octanol–water partition coefficient (Wildman–Crippen LogP) is 0.145. The first-order valence-corrected chi connectivity index (χ1v) is 4.61. The summed E-state index contributed by atoms with van der Waals surface area (Å²) in [5, 5.41) is 14.8. The van der Waals surface area contributed by atoms with Crippen molar-refractivity contribution in [1.29, 1.82) is 0 Å².